The van der Waals surface area contributed by atoms with Crippen molar-refractivity contribution in [2.45, 2.75) is 12.8 Å². The average molecular weight is 319 g/mol. The van der Waals surface area contributed by atoms with Crippen molar-refractivity contribution >= 4 is 17.6 Å². The first kappa shape index (κ1) is 15.9. The van der Waals surface area contributed by atoms with Crippen LogP contribution in [0, 0.1) is 0 Å². The van der Waals surface area contributed by atoms with E-state index in [1.54, 1.807) is 24.3 Å². The van der Waals surface area contributed by atoms with Crippen molar-refractivity contribution in [1.29, 1.82) is 0 Å². The molecule has 2 aromatic carbocycles. The Morgan fingerprint density at radius 2 is 1.54 bits per heavy atom. The van der Waals surface area contributed by atoms with Crippen molar-refractivity contribution in [1.82, 2.24) is 4.90 Å². The molecule has 24 heavy (non-hydrogen) atoms. The molecule has 0 radical (unpaired) electrons. The highest BCUT2D eigenvalue weighted by atomic mass is 16.2. The Hall–Kier alpha value is -3.01. The van der Waals surface area contributed by atoms with Crippen molar-refractivity contribution in [3.63, 3.8) is 0 Å². The summed E-state index contributed by atoms with van der Waals surface area (Å²) in [6.45, 7) is 0.324. The zero-order valence-corrected chi connectivity index (χ0v) is 13.1. The van der Waals surface area contributed by atoms with E-state index < -0.39 is 5.91 Å². The van der Waals surface area contributed by atoms with Crippen LogP contribution in [0.2, 0.25) is 0 Å². The highest BCUT2D eigenvalue weighted by Gasteiger charge is 2.29. The van der Waals surface area contributed by atoms with Crippen LogP contribution < -0.4 is 0 Å². The highest BCUT2D eigenvalue weighted by Crippen LogP contribution is 2.18. The Morgan fingerprint density at radius 3 is 2.17 bits per heavy atom. The molecule has 2 amide bonds. The van der Waals surface area contributed by atoms with E-state index in [0.717, 1.165) is 5.56 Å². The molecule has 120 valence electrons. The summed E-state index contributed by atoms with van der Waals surface area (Å²) in [6.07, 6.45) is 1.87. The van der Waals surface area contributed by atoms with Gasteiger partial charge in [-0.3, -0.25) is 19.3 Å². The van der Waals surface area contributed by atoms with E-state index in [4.69, 9.17) is 0 Å². The summed E-state index contributed by atoms with van der Waals surface area (Å²) in [5.41, 5.74) is 1.81. The molecule has 4 heteroatoms. The largest absolute Gasteiger partial charge is 0.289 e. The second kappa shape index (κ2) is 7.04. The van der Waals surface area contributed by atoms with Crippen molar-refractivity contribution in [3.8, 4) is 0 Å². The van der Waals surface area contributed by atoms with Crippen LogP contribution in [0.25, 0.3) is 0 Å². The quantitative estimate of drug-likeness (QED) is 0.629. The van der Waals surface area contributed by atoms with Crippen LogP contribution in [-0.4, -0.2) is 29.0 Å². The Balaban J connectivity index is 1.71. The van der Waals surface area contributed by atoms with E-state index in [-0.39, 0.29) is 23.7 Å². The Morgan fingerprint density at radius 1 is 0.917 bits per heavy atom. The number of rotatable bonds is 5. The van der Waals surface area contributed by atoms with Gasteiger partial charge in [-0.15, -0.1) is 0 Å². The lowest BCUT2D eigenvalue weighted by Crippen LogP contribution is -2.41. The minimum Gasteiger partial charge on any atom is -0.289 e. The van der Waals surface area contributed by atoms with Crippen LogP contribution in [0.3, 0.4) is 0 Å². The van der Waals surface area contributed by atoms with Crippen LogP contribution in [-0.2, 0) is 16.0 Å². The van der Waals surface area contributed by atoms with E-state index in [2.05, 4.69) is 0 Å². The number of Topliss-reactive ketones (excluding diaryl/α,β-unsaturated/α-hetero) is 1. The third kappa shape index (κ3) is 3.49. The molecule has 1 aliphatic rings. The maximum Gasteiger partial charge on any atom is 0.253 e. The summed E-state index contributed by atoms with van der Waals surface area (Å²) in [5.74, 6) is -1.00. The molecule has 2 aromatic rings. The topological polar surface area (TPSA) is 54.5 Å². The number of carbonyl (C=O) groups is 3. The van der Waals surface area contributed by atoms with Gasteiger partial charge in [0, 0.05) is 23.8 Å². The van der Waals surface area contributed by atoms with Gasteiger partial charge < -0.3 is 0 Å². The standard InChI is InChI=1S/C20H17NO3/c22-18-13-17(20(24)16-9-5-2-6-10-16)14-19(23)21(18)12-11-15-7-3-1-4-8-15/h1-10,13H,11-12,14H2. The number of benzene rings is 2. The minimum atomic E-state index is -0.415. The molecule has 4 nitrogen and oxygen atoms in total. The van der Waals surface area contributed by atoms with Crippen LogP contribution in [0.5, 0.6) is 0 Å². The zero-order valence-electron chi connectivity index (χ0n) is 13.1. The Labute approximate surface area is 140 Å². The van der Waals surface area contributed by atoms with Gasteiger partial charge in [0.25, 0.3) is 5.91 Å². The van der Waals surface area contributed by atoms with Gasteiger partial charge in [0.1, 0.15) is 0 Å². The molecule has 0 N–H and O–H groups in total. The molecule has 3 rings (SSSR count). The first-order valence-corrected chi connectivity index (χ1v) is 7.84. The van der Waals surface area contributed by atoms with E-state index in [1.165, 1.54) is 11.0 Å². The fraction of sp³-hybridized carbons (Fsp3) is 0.150. The predicted molar refractivity (Wildman–Crippen MR) is 90.3 cm³/mol. The predicted octanol–water partition coefficient (Wildman–Crippen LogP) is 2.80. The summed E-state index contributed by atoms with van der Waals surface area (Å²) < 4.78 is 0. The summed E-state index contributed by atoms with van der Waals surface area (Å²) >= 11 is 0. The van der Waals surface area contributed by atoms with Gasteiger partial charge in [-0.25, -0.2) is 0 Å². The fourth-order valence-corrected chi connectivity index (χ4v) is 2.70. The molecule has 0 atom stereocenters. The van der Waals surface area contributed by atoms with E-state index in [1.807, 2.05) is 36.4 Å². The third-order valence-corrected chi connectivity index (χ3v) is 4.00. The lowest BCUT2D eigenvalue weighted by molar-refractivity contribution is -0.142. The molecule has 1 aliphatic heterocycles. The van der Waals surface area contributed by atoms with Crippen LogP contribution in [0.1, 0.15) is 22.3 Å². The molecule has 0 saturated carbocycles. The van der Waals surface area contributed by atoms with Crippen molar-refractivity contribution in [3.05, 3.63) is 83.4 Å². The van der Waals surface area contributed by atoms with Gasteiger partial charge in [0.2, 0.25) is 5.91 Å². The summed E-state index contributed by atoms with van der Waals surface area (Å²) in [4.78, 5) is 38.1. The lowest BCUT2D eigenvalue weighted by Gasteiger charge is -2.24. The van der Waals surface area contributed by atoms with Crippen LogP contribution >= 0.6 is 0 Å². The lowest BCUT2D eigenvalue weighted by atomic mass is 9.97. The minimum absolute atomic E-state index is 0.0335. The highest BCUT2D eigenvalue weighted by molar-refractivity contribution is 6.18. The van der Waals surface area contributed by atoms with Crippen LogP contribution in [0.15, 0.2) is 72.3 Å². The fourth-order valence-electron chi connectivity index (χ4n) is 2.70. The molecule has 0 aromatic heterocycles. The van der Waals surface area contributed by atoms with E-state index in [0.29, 0.717) is 18.5 Å². The molecule has 0 unspecified atom stereocenters. The second-order valence-corrected chi connectivity index (χ2v) is 5.66. The molecule has 0 spiro atoms. The summed E-state index contributed by atoms with van der Waals surface area (Å²) in [7, 11) is 0. The Bertz CT molecular complexity index is 794. The third-order valence-electron chi connectivity index (χ3n) is 4.00. The maximum atomic E-state index is 12.4. The summed E-state index contributed by atoms with van der Waals surface area (Å²) in [6, 6.07) is 18.4. The Kier molecular flexibility index (Phi) is 4.66. The summed E-state index contributed by atoms with van der Waals surface area (Å²) in [5, 5.41) is 0. The number of amides is 2. The first-order chi connectivity index (χ1) is 11.6. The van der Waals surface area contributed by atoms with Gasteiger partial charge >= 0.3 is 0 Å². The number of hydrogen-bond donors (Lipinski definition) is 0. The second-order valence-electron chi connectivity index (χ2n) is 5.66. The van der Waals surface area contributed by atoms with Gasteiger partial charge in [0.15, 0.2) is 5.78 Å². The van der Waals surface area contributed by atoms with Gasteiger partial charge in [-0.1, -0.05) is 60.7 Å². The average Bonchev–Trinajstić information content (AvgIpc) is 2.62. The number of carbonyl (C=O) groups excluding carboxylic acids is 3. The number of ketones is 1. The number of nitrogens with zero attached hydrogens (tertiary/aromatic N) is 1. The van der Waals surface area contributed by atoms with E-state index >= 15 is 0 Å². The van der Waals surface area contributed by atoms with Crippen molar-refractivity contribution in [2.75, 3.05) is 6.54 Å². The van der Waals surface area contributed by atoms with Crippen LogP contribution in [0.4, 0.5) is 0 Å². The zero-order chi connectivity index (χ0) is 16.9. The number of imide groups is 1. The van der Waals surface area contributed by atoms with E-state index in [9.17, 15) is 14.4 Å². The molecule has 0 saturated heterocycles. The van der Waals surface area contributed by atoms with Gasteiger partial charge in [-0.05, 0) is 12.0 Å². The smallest absolute Gasteiger partial charge is 0.253 e. The maximum absolute atomic E-state index is 12.4. The molecule has 1 heterocycles. The molecule has 0 bridgehead atoms. The van der Waals surface area contributed by atoms with Gasteiger partial charge in [0.05, 0.1) is 6.42 Å². The van der Waals surface area contributed by atoms with Gasteiger partial charge in [-0.2, -0.15) is 0 Å². The SMILES string of the molecule is O=C(C1=CC(=O)N(CCc2ccccc2)C(=O)C1)c1ccccc1. The normalized spacial score (nSPS) is 14.5. The number of hydrogen-bond acceptors (Lipinski definition) is 3. The molecule has 0 aliphatic carbocycles. The first-order valence-electron chi connectivity index (χ1n) is 7.84. The molecule has 0 fully saturated rings. The van der Waals surface area contributed by atoms with Crippen molar-refractivity contribution < 1.29 is 14.4 Å². The monoisotopic (exact) mass is 319 g/mol. The molecular weight excluding hydrogens is 302 g/mol. The van der Waals surface area contributed by atoms with Crippen molar-refractivity contribution in [2.24, 2.45) is 0 Å². The molecular formula is C20H17NO3.